The van der Waals surface area contributed by atoms with E-state index in [0.29, 0.717) is 12.1 Å². The van der Waals surface area contributed by atoms with E-state index in [1.807, 2.05) is 6.92 Å². The van der Waals surface area contributed by atoms with Crippen LogP contribution in [0.4, 0.5) is 0 Å². The number of carbonyl (C=O) groups is 1. The largest absolute Gasteiger partial charge is 0.380 e. The molecule has 19 heavy (non-hydrogen) atoms. The molecule has 7 heteroatoms. The molecular formula is C12H16ClNO4S. The molecule has 1 amide bonds. The lowest BCUT2D eigenvalue weighted by Crippen LogP contribution is -2.32. The van der Waals surface area contributed by atoms with Gasteiger partial charge in [0.05, 0.1) is 11.0 Å². The van der Waals surface area contributed by atoms with Crippen LogP contribution in [0.15, 0.2) is 23.1 Å². The molecule has 0 saturated carbocycles. The van der Waals surface area contributed by atoms with E-state index in [9.17, 15) is 13.2 Å². The fraction of sp³-hybridized carbons (Fsp3) is 0.417. The number of hydrogen-bond donors (Lipinski definition) is 1. The van der Waals surface area contributed by atoms with Crippen LogP contribution in [0.1, 0.15) is 22.8 Å². The van der Waals surface area contributed by atoms with Crippen LogP contribution >= 0.6 is 10.7 Å². The summed E-state index contributed by atoms with van der Waals surface area (Å²) >= 11 is 0. The number of amides is 1. The molecule has 0 aliphatic rings. The van der Waals surface area contributed by atoms with Crippen LogP contribution in [0.3, 0.4) is 0 Å². The maximum Gasteiger partial charge on any atom is 0.261 e. The van der Waals surface area contributed by atoms with Crippen molar-refractivity contribution in [2.75, 3.05) is 13.7 Å². The van der Waals surface area contributed by atoms with E-state index >= 15 is 0 Å². The van der Waals surface area contributed by atoms with E-state index in [0.717, 1.165) is 0 Å². The van der Waals surface area contributed by atoms with Gasteiger partial charge in [-0.3, -0.25) is 4.79 Å². The monoisotopic (exact) mass is 305 g/mol. The van der Waals surface area contributed by atoms with Gasteiger partial charge in [0.2, 0.25) is 0 Å². The zero-order chi connectivity index (χ0) is 14.6. The molecule has 1 aromatic carbocycles. The number of hydrogen-bond acceptors (Lipinski definition) is 4. The van der Waals surface area contributed by atoms with Gasteiger partial charge in [0, 0.05) is 29.9 Å². The van der Waals surface area contributed by atoms with Crippen molar-refractivity contribution in [3.8, 4) is 0 Å². The Bertz CT molecular complexity index is 571. The van der Waals surface area contributed by atoms with Crippen LogP contribution in [0.5, 0.6) is 0 Å². The van der Waals surface area contributed by atoms with E-state index in [4.69, 9.17) is 15.4 Å². The van der Waals surface area contributed by atoms with Crippen LogP contribution in [0, 0.1) is 6.92 Å². The molecule has 0 aliphatic heterocycles. The first kappa shape index (κ1) is 15.9. The molecule has 0 fully saturated rings. The quantitative estimate of drug-likeness (QED) is 0.840. The Labute approximate surface area is 117 Å². The third kappa shape index (κ3) is 4.49. The predicted molar refractivity (Wildman–Crippen MR) is 73.0 cm³/mol. The van der Waals surface area contributed by atoms with Crippen LogP contribution in [0.2, 0.25) is 0 Å². The maximum atomic E-state index is 12.0. The summed E-state index contributed by atoms with van der Waals surface area (Å²) in [4.78, 5) is 11.9. The fourth-order valence-electron chi connectivity index (χ4n) is 1.41. The first-order valence-corrected chi connectivity index (χ1v) is 7.93. The van der Waals surface area contributed by atoms with Crippen LogP contribution in [-0.4, -0.2) is 34.1 Å². The number of ether oxygens (including phenoxy) is 1. The lowest BCUT2D eigenvalue weighted by Gasteiger charge is -2.12. The molecule has 0 aliphatic carbocycles. The highest BCUT2D eigenvalue weighted by atomic mass is 35.7. The summed E-state index contributed by atoms with van der Waals surface area (Å²) < 4.78 is 27.5. The van der Waals surface area contributed by atoms with Crippen LogP contribution in [-0.2, 0) is 13.8 Å². The Hall–Kier alpha value is -1.11. The molecule has 0 spiro atoms. The number of rotatable bonds is 5. The summed E-state index contributed by atoms with van der Waals surface area (Å²) in [5.74, 6) is -0.358. The summed E-state index contributed by atoms with van der Waals surface area (Å²) in [6.07, 6.45) is -0.121. The molecule has 106 valence electrons. The van der Waals surface area contributed by atoms with Gasteiger partial charge in [-0.25, -0.2) is 8.42 Å². The standard InChI is InChI=1S/C12H16ClNO4S/c1-8-4-5-10(19(13,16)17)6-11(8)12(15)14-7-9(2)18-3/h4-6,9H,7H2,1-3H3,(H,14,15). The van der Waals surface area contributed by atoms with Gasteiger partial charge in [-0.05, 0) is 31.5 Å². The third-order valence-electron chi connectivity index (χ3n) is 2.69. The minimum Gasteiger partial charge on any atom is -0.380 e. The van der Waals surface area contributed by atoms with Crippen molar-refractivity contribution in [1.82, 2.24) is 5.32 Å². The van der Waals surface area contributed by atoms with Crippen molar-refractivity contribution in [1.29, 1.82) is 0 Å². The van der Waals surface area contributed by atoms with Gasteiger partial charge in [0.15, 0.2) is 0 Å². The fourth-order valence-corrected chi connectivity index (χ4v) is 2.19. The molecule has 1 rings (SSSR count). The minimum absolute atomic E-state index is 0.0929. The summed E-state index contributed by atoms with van der Waals surface area (Å²) in [5, 5.41) is 2.67. The molecule has 1 atom stereocenters. The maximum absolute atomic E-state index is 12.0. The van der Waals surface area contributed by atoms with E-state index in [-0.39, 0.29) is 22.5 Å². The summed E-state index contributed by atoms with van der Waals surface area (Å²) in [7, 11) is 2.96. The van der Waals surface area contributed by atoms with Crippen LogP contribution in [0.25, 0.3) is 0 Å². The second kappa shape index (κ2) is 6.36. The SMILES string of the molecule is COC(C)CNC(=O)c1cc(S(=O)(=O)Cl)ccc1C. The Morgan fingerprint density at radius 1 is 1.47 bits per heavy atom. The van der Waals surface area contributed by atoms with Gasteiger partial charge in [0.25, 0.3) is 15.0 Å². The van der Waals surface area contributed by atoms with Crippen molar-refractivity contribution in [2.24, 2.45) is 0 Å². The third-order valence-corrected chi connectivity index (χ3v) is 4.04. The molecule has 0 saturated heterocycles. The molecule has 1 N–H and O–H groups in total. The summed E-state index contributed by atoms with van der Waals surface area (Å²) in [6.45, 7) is 3.87. The Kier molecular flexibility index (Phi) is 5.34. The van der Waals surface area contributed by atoms with E-state index in [2.05, 4.69) is 5.32 Å². The van der Waals surface area contributed by atoms with Crippen molar-refractivity contribution in [3.63, 3.8) is 0 Å². The average Bonchev–Trinajstić information content (AvgIpc) is 2.34. The normalized spacial score (nSPS) is 13.1. The second-order valence-corrected chi connectivity index (χ2v) is 6.74. The van der Waals surface area contributed by atoms with Crippen LogP contribution < -0.4 is 5.32 Å². The number of nitrogens with one attached hydrogen (secondary N) is 1. The van der Waals surface area contributed by atoms with Gasteiger partial charge >= 0.3 is 0 Å². The summed E-state index contributed by atoms with van der Waals surface area (Å²) in [5.41, 5.74) is 0.955. The molecular weight excluding hydrogens is 290 g/mol. The van der Waals surface area contributed by atoms with E-state index < -0.39 is 9.05 Å². The highest BCUT2D eigenvalue weighted by Crippen LogP contribution is 2.19. The second-order valence-electron chi connectivity index (χ2n) is 4.17. The number of aryl methyl sites for hydroxylation is 1. The van der Waals surface area contributed by atoms with Crippen molar-refractivity contribution < 1.29 is 17.9 Å². The van der Waals surface area contributed by atoms with Gasteiger partial charge < -0.3 is 10.1 Å². The molecule has 0 bridgehead atoms. The lowest BCUT2D eigenvalue weighted by atomic mass is 10.1. The van der Waals surface area contributed by atoms with Gasteiger partial charge in [0.1, 0.15) is 0 Å². The van der Waals surface area contributed by atoms with E-state index in [1.165, 1.54) is 12.1 Å². The number of benzene rings is 1. The molecule has 1 unspecified atom stereocenters. The average molecular weight is 306 g/mol. The Morgan fingerprint density at radius 2 is 2.11 bits per heavy atom. The number of carbonyl (C=O) groups excluding carboxylic acids is 1. The number of methoxy groups -OCH3 is 1. The van der Waals surface area contributed by atoms with Gasteiger partial charge in [-0.15, -0.1) is 0 Å². The molecule has 0 radical (unpaired) electrons. The van der Waals surface area contributed by atoms with Gasteiger partial charge in [-0.1, -0.05) is 6.07 Å². The lowest BCUT2D eigenvalue weighted by molar-refractivity contribution is 0.0869. The first-order chi connectivity index (χ1) is 8.75. The molecule has 1 aromatic rings. The Balaban J connectivity index is 2.96. The predicted octanol–water partition coefficient (Wildman–Crippen LogP) is 1.69. The molecule has 5 nitrogen and oxygen atoms in total. The smallest absolute Gasteiger partial charge is 0.261 e. The molecule has 0 aromatic heterocycles. The van der Waals surface area contributed by atoms with Crippen molar-refractivity contribution in [2.45, 2.75) is 24.8 Å². The first-order valence-electron chi connectivity index (χ1n) is 5.62. The topological polar surface area (TPSA) is 72.5 Å². The zero-order valence-electron chi connectivity index (χ0n) is 10.9. The van der Waals surface area contributed by atoms with Crippen molar-refractivity contribution in [3.05, 3.63) is 29.3 Å². The highest BCUT2D eigenvalue weighted by Gasteiger charge is 2.16. The Morgan fingerprint density at radius 3 is 2.63 bits per heavy atom. The zero-order valence-corrected chi connectivity index (χ0v) is 12.5. The highest BCUT2D eigenvalue weighted by molar-refractivity contribution is 8.13. The summed E-state index contributed by atoms with van der Waals surface area (Å²) in [6, 6.07) is 4.18. The minimum atomic E-state index is -3.84. The van der Waals surface area contributed by atoms with Gasteiger partial charge in [-0.2, -0.15) is 0 Å². The van der Waals surface area contributed by atoms with E-state index in [1.54, 1.807) is 20.1 Å². The van der Waals surface area contributed by atoms with Crippen molar-refractivity contribution >= 4 is 25.6 Å². The number of halogens is 1. The molecule has 0 heterocycles.